The molecule has 10 heteroatoms. The van der Waals surface area contributed by atoms with E-state index in [9.17, 15) is 9.59 Å². The van der Waals surface area contributed by atoms with Gasteiger partial charge in [0, 0.05) is 41.9 Å². The number of imide groups is 1. The number of nitrogens with zero attached hydrogens (tertiary/aromatic N) is 4. The predicted octanol–water partition coefficient (Wildman–Crippen LogP) is 3.44. The molecule has 0 spiro atoms. The van der Waals surface area contributed by atoms with Crippen LogP contribution in [0.2, 0.25) is 10.0 Å². The van der Waals surface area contributed by atoms with E-state index in [2.05, 4.69) is 22.0 Å². The third kappa shape index (κ3) is 3.88. The fraction of sp³-hybridized carbons (Fsp3) is 0.417. The molecule has 3 aliphatic heterocycles. The largest absolute Gasteiger partial charge is 0.497 e. The first-order chi connectivity index (χ1) is 16.3. The molecular weight excluding hydrogens is 477 g/mol. The molecule has 0 radical (unpaired) electrons. The number of nitrogens with one attached hydrogen (secondary N) is 1. The standard InChI is InChI=1S/C24H27Cl2N5O3/c1-14-11-29(17-5-4-6-18(10-17)34-3)23-27-21-20(30(23)12-14)22(32)31(24(33)28(21)2)13-15-7-8-16(25)9-19(15)26/h4-10,14,20-21,23,27H,11-13H2,1-3H3. The topological polar surface area (TPSA) is 68.4 Å². The van der Waals surface area contributed by atoms with Crippen molar-refractivity contribution in [3.05, 3.63) is 58.1 Å². The van der Waals surface area contributed by atoms with Gasteiger partial charge in [-0.3, -0.25) is 19.9 Å². The molecule has 3 amide bonds. The Morgan fingerprint density at radius 2 is 1.91 bits per heavy atom. The number of carbonyl (C=O) groups excluding carboxylic acids is 2. The number of likely N-dealkylation sites (N-methyl/N-ethyl adjacent to an activating group) is 1. The van der Waals surface area contributed by atoms with Crippen molar-refractivity contribution in [2.75, 3.05) is 32.1 Å². The van der Waals surface area contributed by atoms with E-state index in [1.807, 2.05) is 24.3 Å². The molecule has 2 aromatic rings. The molecule has 34 heavy (non-hydrogen) atoms. The summed E-state index contributed by atoms with van der Waals surface area (Å²) < 4.78 is 5.42. The van der Waals surface area contributed by atoms with E-state index < -0.39 is 12.2 Å². The Morgan fingerprint density at radius 1 is 1.12 bits per heavy atom. The number of methoxy groups -OCH3 is 1. The van der Waals surface area contributed by atoms with Crippen molar-refractivity contribution in [3.8, 4) is 5.75 Å². The highest BCUT2D eigenvalue weighted by atomic mass is 35.5. The zero-order chi connectivity index (χ0) is 24.1. The highest BCUT2D eigenvalue weighted by molar-refractivity contribution is 6.35. The zero-order valence-electron chi connectivity index (χ0n) is 19.2. The molecule has 1 N–H and O–H groups in total. The predicted molar refractivity (Wildman–Crippen MR) is 131 cm³/mol. The van der Waals surface area contributed by atoms with Crippen LogP contribution in [0.5, 0.6) is 5.75 Å². The average Bonchev–Trinajstić information content (AvgIpc) is 3.20. The van der Waals surface area contributed by atoms with Gasteiger partial charge < -0.3 is 14.5 Å². The molecule has 8 nitrogen and oxygen atoms in total. The lowest BCUT2D eigenvalue weighted by molar-refractivity contribution is -0.139. The Balaban J connectivity index is 1.46. The molecule has 0 saturated carbocycles. The molecule has 3 aliphatic rings. The van der Waals surface area contributed by atoms with Gasteiger partial charge in [0.25, 0.3) is 5.91 Å². The minimum atomic E-state index is -0.505. The van der Waals surface area contributed by atoms with Gasteiger partial charge in [-0.05, 0) is 35.7 Å². The van der Waals surface area contributed by atoms with E-state index in [0.717, 1.165) is 24.5 Å². The van der Waals surface area contributed by atoms with E-state index in [-0.39, 0.29) is 24.8 Å². The highest BCUT2D eigenvalue weighted by Crippen LogP contribution is 2.36. The second-order valence-electron chi connectivity index (χ2n) is 9.14. The van der Waals surface area contributed by atoms with Gasteiger partial charge in [-0.1, -0.05) is 42.3 Å². The smallest absolute Gasteiger partial charge is 0.328 e. The lowest BCUT2D eigenvalue weighted by atomic mass is 10.0. The van der Waals surface area contributed by atoms with Crippen molar-refractivity contribution >= 4 is 40.8 Å². The highest BCUT2D eigenvalue weighted by Gasteiger charge is 2.56. The fourth-order valence-corrected chi connectivity index (χ4v) is 5.64. The number of halogens is 2. The Labute approximate surface area is 208 Å². The fourth-order valence-electron chi connectivity index (χ4n) is 5.17. The Morgan fingerprint density at radius 3 is 2.65 bits per heavy atom. The van der Waals surface area contributed by atoms with Crippen LogP contribution in [-0.4, -0.2) is 72.4 Å². The molecule has 4 atom stereocenters. The molecule has 0 aromatic heterocycles. The van der Waals surface area contributed by atoms with Gasteiger partial charge >= 0.3 is 6.03 Å². The summed E-state index contributed by atoms with van der Waals surface area (Å²) in [4.78, 5) is 34.3. The van der Waals surface area contributed by atoms with Gasteiger partial charge in [-0.25, -0.2) is 4.79 Å². The van der Waals surface area contributed by atoms with Gasteiger partial charge in [0.2, 0.25) is 0 Å². The second-order valence-corrected chi connectivity index (χ2v) is 9.98. The van der Waals surface area contributed by atoms with Crippen LogP contribution in [0.15, 0.2) is 42.5 Å². The maximum Gasteiger partial charge on any atom is 0.328 e. The minimum absolute atomic E-state index is 0.0922. The number of carbonyl (C=O) groups is 2. The van der Waals surface area contributed by atoms with Crippen LogP contribution in [0.1, 0.15) is 12.5 Å². The summed E-state index contributed by atoms with van der Waals surface area (Å²) in [5, 5.41) is 4.47. The Bertz CT molecular complexity index is 1130. The Hall–Kier alpha value is -2.52. The van der Waals surface area contributed by atoms with Crippen molar-refractivity contribution < 1.29 is 14.3 Å². The number of amides is 3. The molecule has 3 fully saturated rings. The maximum absolute atomic E-state index is 13.7. The van der Waals surface area contributed by atoms with Gasteiger partial charge in [0.1, 0.15) is 24.2 Å². The first kappa shape index (κ1) is 23.2. The van der Waals surface area contributed by atoms with Gasteiger partial charge in [-0.15, -0.1) is 0 Å². The van der Waals surface area contributed by atoms with Crippen LogP contribution < -0.4 is 15.0 Å². The molecule has 4 unspecified atom stereocenters. The number of anilines is 1. The van der Waals surface area contributed by atoms with Crippen LogP contribution in [0.4, 0.5) is 10.5 Å². The Kier molecular flexibility index (Phi) is 6.10. The van der Waals surface area contributed by atoms with Crippen molar-refractivity contribution in [1.29, 1.82) is 0 Å². The number of hydrogen-bond acceptors (Lipinski definition) is 6. The van der Waals surface area contributed by atoms with Crippen LogP contribution in [0.3, 0.4) is 0 Å². The van der Waals surface area contributed by atoms with Crippen molar-refractivity contribution in [2.24, 2.45) is 5.92 Å². The van der Waals surface area contributed by atoms with Crippen LogP contribution >= 0.6 is 23.2 Å². The molecule has 3 heterocycles. The number of urea groups is 1. The SMILES string of the molecule is COc1cccc(N2CC(C)CN3C4C(=O)N(Cc5ccc(Cl)cc5Cl)C(=O)N(C)C4NC23)c1. The molecule has 3 saturated heterocycles. The molecular formula is C24H27Cl2N5O3. The van der Waals surface area contributed by atoms with Crippen LogP contribution in [0, 0.1) is 5.92 Å². The van der Waals surface area contributed by atoms with E-state index in [1.165, 1.54) is 4.90 Å². The monoisotopic (exact) mass is 503 g/mol. The van der Waals surface area contributed by atoms with Gasteiger partial charge in [-0.2, -0.15) is 0 Å². The van der Waals surface area contributed by atoms with E-state index in [0.29, 0.717) is 21.5 Å². The number of fused-ring (bicyclic) bond motifs is 3. The van der Waals surface area contributed by atoms with Crippen LogP contribution in [0.25, 0.3) is 0 Å². The summed E-state index contributed by atoms with van der Waals surface area (Å²) in [6, 6.07) is 12.1. The van der Waals surface area contributed by atoms with Crippen molar-refractivity contribution in [1.82, 2.24) is 20.0 Å². The van der Waals surface area contributed by atoms with Gasteiger partial charge in [0.05, 0.1) is 13.7 Å². The zero-order valence-corrected chi connectivity index (χ0v) is 20.8. The van der Waals surface area contributed by atoms with Crippen molar-refractivity contribution in [2.45, 2.75) is 32.0 Å². The number of ether oxygens (including phenoxy) is 1. The van der Waals surface area contributed by atoms with E-state index >= 15 is 0 Å². The average molecular weight is 504 g/mol. The van der Waals surface area contributed by atoms with Crippen molar-refractivity contribution in [3.63, 3.8) is 0 Å². The number of rotatable bonds is 4. The van der Waals surface area contributed by atoms with E-state index in [1.54, 1.807) is 37.3 Å². The molecule has 2 aromatic carbocycles. The summed E-state index contributed by atoms with van der Waals surface area (Å²) in [6.45, 7) is 3.82. The first-order valence-electron chi connectivity index (χ1n) is 11.2. The summed E-state index contributed by atoms with van der Waals surface area (Å²) >= 11 is 12.4. The number of hydrogen-bond donors (Lipinski definition) is 1. The minimum Gasteiger partial charge on any atom is -0.497 e. The molecule has 5 rings (SSSR count). The molecule has 180 valence electrons. The second kappa shape index (κ2) is 8.92. The molecule has 0 bridgehead atoms. The van der Waals surface area contributed by atoms with Gasteiger partial charge in [0.15, 0.2) is 0 Å². The first-order valence-corrected chi connectivity index (χ1v) is 12.0. The maximum atomic E-state index is 13.7. The summed E-state index contributed by atoms with van der Waals surface area (Å²) in [5.74, 6) is 0.860. The van der Waals surface area contributed by atoms with Crippen LogP contribution in [-0.2, 0) is 11.3 Å². The van der Waals surface area contributed by atoms with E-state index in [4.69, 9.17) is 27.9 Å². The lowest BCUT2D eigenvalue weighted by Crippen LogP contribution is -2.66. The quantitative estimate of drug-likeness (QED) is 0.689. The lowest BCUT2D eigenvalue weighted by Gasteiger charge is -2.46. The summed E-state index contributed by atoms with van der Waals surface area (Å²) in [7, 11) is 3.38. The third-order valence-corrected chi connectivity index (χ3v) is 7.40. The summed E-state index contributed by atoms with van der Waals surface area (Å²) in [6.07, 6.45) is -0.656. The third-order valence-electron chi connectivity index (χ3n) is 6.81. The number of benzene rings is 2. The normalized spacial score (nSPS) is 27.1. The summed E-state index contributed by atoms with van der Waals surface area (Å²) in [5.41, 5.74) is 1.67. The molecule has 0 aliphatic carbocycles.